The van der Waals surface area contributed by atoms with E-state index in [1.807, 2.05) is 35.2 Å². The van der Waals surface area contributed by atoms with Gasteiger partial charge in [-0.3, -0.25) is 14.5 Å². The first-order valence-corrected chi connectivity index (χ1v) is 10.9. The minimum absolute atomic E-state index is 0.0203. The maximum atomic E-state index is 13.0. The van der Waals surface area contributed by atoms with Crippen LogP contribution in [-0.4, -0.2) is 49.2 Å². The number of likely N-dealkylation sites (tertiary alicyclic amines) is 1. The van der Waals surface area contributed by atoms with Crippen molar-refractivity contribution >= 4 is 23.2 Å². The lowest BCUT2D eigenvalue weighted by atomic mass is 9.95. The molecule has 0 aromatic heterocycles. The standard InChI is InChI=1S/C24H27N3O4/c1-16-12-18-4-2-3-5-20(18)27(16)23(28)14-26-10-8-17(9-11-26)24(29)25-19-6-7-21-22(13-19)31-15-30-21/h2-7,13,16-17H,8-12,14-15H2,1H3,(H,25,29)/t16-/m1/s1. The molecule has 0 aliphatic carbocycles. The Morgan fingerprint density at radius 1 is 1.06 bits per heavy atom. The predicted molar refractivity (Wildman–Crippen MR) is 117 cm³/mol. The van der Waals surface area contributed by atoms with Crippen molar-refractivity contribution in [2.45, 2.75) is 32.2 Å². The SMILES string of the molecule is C[C@@H]1Cc2ccccc2N1C(=O)CN1CCC(C(=O)Nc2ccc3c(c2)OCO3)CC1. The van der Waals surface area contributed by atoms with Crippen molar-refractivity contribution in [2.75, 3.05) is 36.6 Å². The molecule has 0 saturated carbocycles. The number of piperidine rings is 1. The zero-order valence-corrected chi connectivity index (χ0v) is 17.7. The first kappa shape index (κ1) is 19.9. The molecule has 31 heavy (non-hydrogen) atoms. The van der Waals surface area contributed by atoms with E-state index in [2.05, 4.69) is 23.2 Å². The minimum atomic E-state index is -0.0526. The van der Waals surface area contributed by atoms with E-state index < -0.39 is 0 Å². The van der Waals surface area contributed by atoms with Crippen LogP contribution in [0.2, 0.25) is 0 Å². The van der Waals surface area contributed by atoms with Crippen molar-refractivity contribution in [3.63, 3.8) is 0 Å². The smallest absolute Gasteiger partial charge is 0.241 e. The second-order valence-corrected chi connectivity index (χ2v) is 8.55. The van der Waals surface area contributed by atoms with Crippen LogP contribution in [0.1, 0.15) is 25.3 Å². The lowest BCUT2D eigenvalue weighted by Gasteiger charge is -2.32. The van der Waals surface area contributed by atoms with E-state index in [0.29, 0.717) is 23.7 Å². The van der Waals surface area contributed by atoms with Crippen molar-refractivity contribution in [3.05, 3.63) is 48.0 Å². The third kappa shape index (κ3) is 3.97. The molecular formula is C24H27N3O4. The molecule has 0 bridgehead atoms. The Bertz CT molecular complexity index is 1000. The van der Waals surface area contributed by atoms with Crippen molar-refractivity contribution in [3.8, 4) is 11.5 Å². The lowest BCUT2D eigenvalue weighted by Crippen LogP contribution is -2.46. The normalized spacial score (nSPS) is 20.5. The van der Waals surface area contributed by atoms with Gasteiger partial charge in [-0.25, -0.2) is 0 Å². The first-order valence-electron chi connectivity index (χ1n) is 10.9. The number of ether oxygens (including phenoxy) is 2. The van der Waals surface area contributed by atoms with E-state index in [9.17, 15) is 9.59 Å². The van der Waals surface area contributed by atoms with Gasteiger partial charge in [-0.15, -0.1) is 0 Å². The molecule has 1 atom stereocenters. The molecular weight excluding hydrogens is 394 g/mol. The van der Waals surface area contributed by atoms with Crippen LogP contribution in [0.5, 0.6) is 11.5 Å². The number of nitrogens with one attached hydrogen (secondary N) is 1. The van der Waals surface area contributed by atoms with Gasteiger partial charge in [-0.05, 0) is 63.0 Å². The van der Waals surface area contributed by atoms with Gasteiger partial charge < -0.3 is 19.7 Å². The molecule has 162 valence electrons. The Morgan fingerprint density at radius 3 is 2.68 bits per heavy atom. The number of anilines is 2. The maximum Gasteiger partial charge on any atom is 0.241 e. The zero-order valence-electron chi connectivity index (χ0n) is 17.7. The number of carbonyl (C=O) groups excluding carboxylic acids is 2. The summed E-state index contributed by atoms with van der Waals surface area (Å²) in [5, 5.41) is 2.99. The van der Waals surface area contributed by atoms with Gasteiger partial charge in [0, 0.05) is 29.4 Å². The molecule has 0 spiro atoms. The second kappa shape index (κ2) is 8.23. The fraction of sp³-hybridized carbons (Fsp3) is 0.417. The summed E-state index contributed by atoms with van der Waals surface area (Å²) >= 11 is 0. The number of rotatable bonds is 4. The number of carbonyl (C=O) groups is 2. The van der Waals surface area contributed by atoms with Gasteiger partial charge >= 0.3 is 0 Å². The summed E-state index contributed by atoms with van der Waals surface area (Å²) < 4.78 is 10.7. The van der Waals surface area contributed by atoms with Crippen LogP contribution in [0.25, 0.3) is 0 Å². The first-order chi connectivity index (χ1) is 15.1. The van der Waals surface area contributed by atoms with Gasteiger partial charge in [0.15, 0.2) is 11.5 Å². The molecule has 3 heterocycles. The van der Waals surface area contributed by atoms with E-state index >= 15 is 0 Å². The Labute approximate surface area is 181 Å². The third-order valence-corrected chi connectivity index (χ3v) is 6.43. The molecule has 1 saturated heterocycles. The monoisotopic (exact) mass is 421 g/mol. The molecule has 1 fully saturated rings. The quantitative estimate of drug-likeness (QED) is 0.822. The molecule has 3 aliphatic heterocycles. The fourth-order valence-electron chi connectivity index (χ4n) is 4.78. The highest BCUT2D eigenvalue weighted by atomic mass is 16.7. The average molecular weight is 421 g/mol. The Balaban J connectivity index is 1.14. The number of hydrogen-bond donors (Lipinski definition) is 1. The van der Waals surface area contributed by atoms with E-state index in [4.69, 9.17) is 9.47 Å². The topological polar surface area (TPSA) is 71.1 Å². The van der Waals surface area contributed by atoms with Crippen LogP contribution < -0.4 is 19.7 Å². The molecule has 5 rings (SSSR count). The van der Waals surface area contributed by atoms with Gasteiger partial charge in [0.05, 0.1) is 6.54 Å². The molecule has 7 nitrogen and oxygen atoms in total. The van der Waals surface area contributed by atoms with Crippen LogP contribution in [0, 0.1) is 5.92 Å². The molecule has 7 heteroatoms. The van der Waals surface area contributed by atoms with Gasteiger partial charge in [0.25, 0.3) is 0 Å². The molecule has 1 N–H and O–H groups in total. The minimum Gasteiger partial charge on any atom is -0.454 e. The summed E-state index contributed by atoms with van der Waals surface area (Å²) in [4.78, 5) is 29.8. The second-order valence-electron chi connectivity index (χ2n) is 8.55. The van der Waals surface area contributed by atoms with E-state index in [0.717, 1.165) is 38.0 Å². The fourth-order valence-corrected chi connectivity index (χ4v) is 4.78. The summed E-state index contributed by atoms with van der Waals surface area (Å²) in [7, 11) is 0. The summed E-state index contributed by atoms with van der Waals surface area (Å²) in [6, 6.07) is 13.8. The number of amides is 2. The summed E-state index contributed by atoms with van der Waals surface area (Å²) in [6.45, 7) is 4.20. The number of fused-ring (bicyclic) bond motifs is 2. The number of hydrogen-bond acceptors (Lipinski definition) is 5. The van der Waals surface area contributed by atoms with E-state index in [1.165, 1.54) is 5.56 Å². The van der Waals surface area contributed by atoms with Crippen LogP contribution >= 0.6 is 0 Å². The highest BCUT2D eigenvalue weighted by molar-refractivity contribution is 5.97. The zero-order chi connectivity index (χ0) is 21.4. The molecule has 2 amide bonds. The highest BCUT2D eigenvalue weighted by Crippen LogP contribution is 2.35. The summed E-state index contributed by atoms with van der Waals surface area (Å²) in [5.41, 5.74) is 2.99. The van der Waals surface area contributed by atoms with Crippen LogP contribution in [0.4, 0.5) is 11.4 Å². The Hall–Kier alpha value is -3.06. The third-order valence-electron chi connectivity index (χ3n) is 6.43. The van der Waals surface area contributed by atoms with Gasteiger partial charge in [0.2, 0.25) is 18.6 Å². The molecule has 0 unspecified atom stereocenters. The predicted octanol–water partition coefficient (Wildman–Crippen LogP) is 3.04. The number of benzene rings is 2. The van der Waals surface area contributed by atoms with Crippen LogP contribution in [0.15, 0.2) is 42.5 Å². The molecule has 0 radical (unpaired) electrons. The van der Waals surface area contributed by atoms with Crippen molar-refractivity contribution in [2.24, 2.45) is 5.92 Å². The van der Waals surface area contributed by atoms with Crippen LogP contribution in [0.3, 0.4) is 0 Å². The number of para-hydroxylation sites is 1. The summed E-state index contributed by atoms with van der Waals surface area (Å²) in [5.74, 6) is 1.46. The van der Waals surface area contributed by atoms with Crippen molar-refractivity contribution in [1.82, 2.24) is 4.90 Å². The van der Waals surface area contributed by atoms with Gasteiger partial charge in [0.1, 0.15) is 0 Å². The Kier molecular flexibility index (Phi) is 5.28. The van der Waals surface area contributed by atoms with Gasteiger partial charge in [-0.2, -0.15) is 0 Å². The average Bonchev–Trinajstić information content (AvgIpc) is 3.37. The highest BCUT2D eigenvalue weighted by Gasteiger charge is 2.33. The number of nitrogens with zero attached hydrogens (tertiary/aromatic N) is 2. The summed E-state index contributed by atoms with van der Waals surface area (Å²) in [6.07, 6.45) is 2.40. The van der Waals surface area contributed by atoms with Crippen molar-refractivity contribution < 1.29 is 19.1 Å². The maximum absolute atomic E-state index is 13.0. The van der Waals surface area contributed by atoms with E-state index in [-0.39, 0.29) is 30.6 Å². The van der Waals surface area contributed by atoms with Gasteiger partial charge in [-0.1, -0.05) is 18.2 Å². The Morgan fingerprint density at radius 2 is 1.84 bits per heavy atom. The van der Waals surface area contributed by atoms with Crippen molar-refractivity contribution in [1.29, 1.82) is 0 Å². The largest absolute Gasteiger partial charge is 0.454 e. The molecule has 3 aliphatic rings. The van der Waals surface area contributed by atoms with Crippen LogP contribution in [-0.2, 0) is 16.0 Å². The lowest BCUT2D eigenvalue weighted by molar-refractivity contribution is -0.122. The molecule has 2 aromatic carbocycles. The molecule has 2 aromatic rings. The van der Waals surface area contributed by atoms with E-state index in [1.54, 1.807) is 6.07 Å².